The number of hydrogen-bond donors (Lipinski definition) is 3. The summed E-state index contributed by atoms with van der Waals surface area (Å²) in [6, 6.07) is 13.6. The van der Waals surface area contributed by atoms with Gasteiger partial charge in [0.15, 0.2) is 5.69 Å². The van der Waals surface area contributed by atoms with Crippen LogP contribution in [0.5, 0.6) is 0 Å². The molecule has 3 amide bonds. The van der Waals surface area contributed by atoms with E-state index >= 15 is 0 Å². The van der Waals surface area contributed by atoms with Gasteiger partial charge in [0, 0.05) is 24.7 Å². The van der Waals surface area contributed by atoms with Crippen LogP contribution >= 0.6 is 11.5 Å². The Kier molecular flexibility index (Phi) is 8.50. The van der Waals surface area contributed by atoms with Crippen LogP contribution in [0.15, 0.2) is 60.8 Å². The van der Waals surface area contributed by atoms with Crippen molar-refractivity contribution in [3.63, 3.8) is 0 Å². The van der Waals surface area contributed by atoms with E-state index in [-0.39, 0.29) is 22.8 Å². The first-order valence-electron chi connectivity index (χ1n) is 12.4. The molecule has 2 heterocycles. The van der Waals surface area contributed by atoms with E-state index in [0.29, 0.717) is 23.6 Å². The third kappa shape index (κ3) is 6.37. The van der Waals surface area contributed by atoms with Crippen molar-refractivity contribution in [3.05, 3.63) is 88.3 Å². The Labute approximate surface area is 229 Å². The normalized spacial score (nSPS) is 11.9. The highest BCUT2D eigenvalue weighted by atomic mass is 32.1. The number of benzene rings is 2. The lowest BCUT2D eigenvalue weighted by atomic mass is 10.00. The van der Waals surface area contributed by atoms with E-state index in [0.717, 1.165) is 28.9 Å². The number of amides is 3. The molecular formula is C28H29FN6O3S. The SMILES string of the molecule is CC(C)CCNC(=O)[C@H](c1ccc2ncccc2c1)N(Cc1ccc(F)cc1)C(=O)c1snc(C(N)=O)c1N. The van der Waals surface area contributed by atoms with Crippen LogP contribution in [-0.4, -0.2) is 38.5 Å². The number of nitrogens with one attached hydrogen (secondary N) is 1. The Morgan fingerprint density at radius 3 is 2.51 bits per heavy atom. The number of nitrogens with two attached hydrogens (primary N) is 2. The van der Waals surface area contributed by atoms with Crippen molar-refractivity contribution < 1.29 is 18.8 Å². The molecule has 2 aromatic carbocycles. The zero-order chi connectivity index (χ0) is 28.1. The molecule has 0 bridgehead atoms. The summed E-state index contributed by atoms with van der Waals surface area (Å²) in [6.45, 7) is 4.46. The van der Waals surface area contributed by atoms with Gasteiger partial charge < -0.3 is 21.7 Å². The number of carbonyl (C=O) groups is 3. The molecule has 0 fully saturated rings. The van der Waals surface area contributed by atoms with E-state index in [9.17, 15) is 18.8 Å². The Morgan fingerprint density at radius 2 is 1.85 bits per heavy atom. The van der Waals surface area contributed by atoms with Crippen molar-refractivity contribution >= 4 is 45.8 Å². The van der Waals surface area contributed by atoms with Gasteiger partial charge in [-0.25, -0.2) is 4.39 Å². The zero-order valence-electron chi connectivity index (χ0n) is 21.6. The molecule has 4 aromatic rings. The minimum absolute atomic E-state index is 0.0200. The van der Waals surface area contributed by atoms with E-state index in [2.05, 4.69) is 14.7 Å². The number of fused-ring (bicyclic) bond motifs is 1. The van der Waals surface area contributed by atoms with Crippen molar-refractivity contribution in [2.45, 2.75) is 32.9 Å². The highest BCUT2D eigenvalue weighted by Crippen LogP contribution is 2.31. The van der Waals surface area contributed by atoms with Crippen LogP contribution in [0.2, 0.25) is 0 Å². The molecule has 4 rings (SSSR count). The van der Waals surface area contributed by atoms with Crippen LogP contribution in [-0.2, 0) is 11.3 Å². The molecule has 5 N–H and O–H groups in total. The first-order valence-corrected chi connectivity index (χ1v) is 13.2. The minimum Gasteiger partial charge on any atom is -0.395 e. The second-order valence-electron chi connectivity index (χ2n) is 9.53. The van der Waals surface area contributed by atoms with E-state index < -0.39 is 29.6 Å². The van der Waals surface area contributed by atoms with Crippen LogP contribution in [0.3, 0.4) is 0 Å². The molecule has 0 aliphatic carbocycles. The monoisotopic (exact) mass is 548 g/mol. The van der Waals surface area contributed by atoms with Crippen LogP contribution in [0.1, 0.15) is 57.6 Å². The molecule has 0 aliphatic rings. The highest BCUT2D eigenvalue weighted by molar-refractivity contribution is 7.09. The maximum absolute atomic E-state index is 14.0. The Bertz CT molecular complexity index is 1500. The van der Waals surface area contributed by atoms with E-state index in [1.54, 1.807) is 36.5 Å². The lowest BCUT2D eigenvalue weighted by Crippen LogP contribution is -2.43. The maximum atomic E-state index is 14.0. The van der Waals surface area contributed by atoms with Gasteiger partial charge in [0.2, 0.25) is 5.91 Å². The number of nitrogens with zero attached hydrogens (tertiary/aromatic N) is 3. The van der Waals surface area contributed by atoms with Gasteiger partial charge in [0.25, 0.3) is 11.8 Å². The fourth-order valence-electron chi connectivity index (χ4n) is 4.14. The second kappa shape index (κ2) is 12.0. The summed E-state index contributed by atoms with van der Waals surface area (Å²) in [6.07, 6.45) is 2.42. The topological polar surface area (TPSA) is 144 Å². The number of primary amides is 1. The summed E-state index contributed by atoms with van der Waals surface area (Å²) in [7, 11) is 0. The van der Waals surface area contributed by atoms with Gasteiger partial charge in [0.05, 0.1) is 11.2 Å². The molecule has 11 heteroatoms. The van der Waals surface area contributed by atoms with Crippen LogP contribution in [0.25, 0.3) is 10.9 Å². The molecule has 0 unspecified atom stereocenters. The van der Waals surface area contributed by atoms with Crippen molar-refractivity contribution in [3.8, 4) is 0 Å². The largest absolute Gasteiger partial charge is 0.395 e. The van der Waals surface area contributed by atoms with Gasteiger partial charge in [0.1, 0.15) is 16.7 Å². The zero-order valence-corrected chi connectivity index (χ0v) is 22.4. The molecule has 0 saturated carbocycles. The number of halogens is 1. The molecule has 9 nitrogen and oxygen atoms in total. The molecule has 1 atom stereocenters. The molecular weight excluding hydrogens is 519 g/mol. The molecule has 2 aromatic heterocycles. The predicted octanol–water partition coefficient (Wildman–Crippen LogP) is 4.06. The fraction of sp³-hybridized carbons (Fsp3) is 0.250. The van der Waals surface area contributed by atoms with Gasteiger partial charge in [-0.2, -0.15) is 4.37 Å². The van der Waals surface area contributed by atoms with Crippen molar-refractivity contribution in [2.75, 3.05) is 12.3 Å². The Hall–Kier alpha value is -4.38. The molecule has 0 spiro atoms. The highest BCUT2D eigenvalue weighted by Gasteiger charge is 2.35. The molecule has 0 aliphatic heterocycles. The van der Waals surface area contributed by atoms with Gasteiger partial charge in [-0.1, -0.05) is 38.1 Å². The Balaban J connectivity index is 1.83. The summed E-state index contributed by atoms with van der Waals surface area (Å²) in [5.41, 5.74) is 13.0. The lowest BCUT2D eigenvalue weighted by molar-refractivity contribution is -0.126. The average molecular weight is 549 g/mol. The van der Waals surface area contributed by atoms with Gasteiger partial charge in [-0.3, -0.25) is 19.4 Å². The molecule has 0 radical (unpaired) electrons. The molecule has 202 valence electrons. The number of pyridine rings is 1. The predicted molar refractivity (Wildman–Crippen MR) is 148 cm³/mol. The summed E-state index contributed by atoms with van der Waals surface area (Å²) in [4.78, 5) is 45.3. The van der Waals surface area contributed by atoms with Gasteiger partial charge >= 0.3 is 0 Å². The third-order valence-electron chi connectivity index (χ3n) is 6.21. The van der Waals surface area contributed by atoms with E-state index in [1.165, 1.54) is 17.0 Å². The van der Waals surface area contributed by atoms with Gasteiger partial charge in [-0.15, -0.1) is 0 Å². The van der Waals surface area contributed by atoms with Crippen LogP contribution < -0.4 is 16.8 Å². The van der Waals surface area contributed by atoms with E-state index in [1.807, 2.05) is 26.0 Å². The average Bonchev–Trinajstić information content (AvgIpc) is 3.30. The lowest BCUT2D eigenvalue weighted by Gasteiger charge is -2.31. The minimum atomic E-state index is -1.09. The first-order chi connectivity index (χ1) is 18.7. The summed E-state index contributed by atoms with van der Waals surface area (Å²) >= 11 is 0.734. The fourth-order valence-corrected chi connectivity index (χ4v) is 4.91. The number of hydrogen-bond acceptors (Lipinski definition) is 7. The van der Waals surface area contributed by atoms with Crippen molar-refractivity contribution in [2.24, 2.45) is 11.7 Å². The third-order valence-corrected chi connectivity index (χ3v) is 7.06. The van der Waals surface area contributed by atoms with Gasteiger partial charge in [-0.05, 0) is 65.3 Å². The van der Waals surface area contributed by atoms with Crippen LogP contribution in [0, 0.1) is 11.7 Å². The number of anilines is 1. The summed E-state index contributed by atoms with van der Waals surface area (Å²) < 4.78 is 17.6. The first kappa shape index (κ1) is 27.6. The number of carbonyl (C=O) groups excluding carboxylic acids is 3. The van der Waals surface area contributed by atoms with Crippen LogP contribution in [0.4, 0.5) is 10.1 Å². The number of aromatic nitrogens is 2. The number of nitrogen functional groups attached to an aromatic ring is 1. The number of rotatable bonds is 10. The van der Waals surface area contributed by atoms with Crippen molar-refractivity contribution in [1.29, 1.82) is 0 Å². The molecule has 39 heavy (non-hydrogen) atoms. The smallest absolute Gasteiger partial charge is 0.270 e. The summed E-state index contributed by atoms with van der Waals surface area (Å²) in [5, 5.41) is 3.74. The summed E-state index contributed by atoms with van der Waals surface area (Å²) in [5.74, 6) is -1.95. The molecule has 0 saturated heterocycles. The second-order valence-corrected chi connectivity index (χ2v) is 10.3. The Morgan fingerprint density at radius 1 is 1.10 bits per heavy atom. The van der Waals surface area contributed by atoms with E-state index in [4.69, 9.17) is 11.5 Å². The van der Waals surface area contributed by atoms with Crippen molar-refractivity contribution in [1.82, 2.24) is 19.6 Å². The maximum Gasteiger partial charge on any atom is 0.270 e. The quantitative estimate of drug-likeness (QED) is 0.273. The standard InChI is InChI=1S/C28H29FN6O3S/c1-16(2)11-13-33-27(37)24(19-7-10-21-18(14-19)4-3-12-32-21)35(15-17-5-8-20(29)9-6-17)28(38)25-22(30)23(26(31)36)34-39-25/h3-10,12,14,16,24H,11,13,15,30H2,1-2H3,(H2,31,36)(H,33,37)/t24-/m0/s1.